The van der Waals surface area contributed by atoms with Gasteiger partial charge in [0.05, 0.1) is 11.4 Å². The summed E-state index contributed by atoms with van der Waals surface area (Å²) in [5.41, 5.74) is 4.39. The first kappa shape index (κ1) is 12.7. The Balaban J connectivity index is 1.95. The van der Waals surface area contributed by atoms with Crippen molar-refractivity contribution in [2.75, 3.05) is 0 Å². The summed E-state index contributed by atoms with van der Waals surface area (Å²) < 4.78 is 0. The number of rotatable bonds is 4. The van der Waals surface area contributed by atoms with Gasteiger partial charge in [-0.2, -0.15) is 10.2 Å². The molecule has 0 spiro atoms. The molecule has 94 valence electrons. The van der Waals surface area contributed by atoms with Gasteiger partial charge < -0.3 is 0 Å². The fourth-order valence-electron chi connectivity index (χ4n) is 1.76. The molecule has 0 aliphatic heterocycles. The molecule has 2 aromatic heterocycles. The van der Waals surface area contributed by atoms with Crippen LogP contribution in [0.2, 0.25) is 0 Å². The third-order valence-corrected chi connectivity index (χ3v) is 2.96. The molecule has 0 N–H and O–H groups in total. The van der Waals surface area contributed by atoms with Gasteiger partial charge >= 0.3 is 0 Å². The molecule has 2 heterocycles. The zero-order chi connectivity index (χ0) is 13.0. The first-order chi connectivity index (χ1) is 8.65. The van der Waals surface area contributed by atoms with E-state index in [1.165, 1.54) is 5.56 Å². The van der Waals surface area contributed by atoms with E-state index in [-0.39, 0.29) is 0 Å². The zero-order valence-electron chi connectivity index (χ0n) is 11.2. The summed E-state index contributed by atoms with van der Waals surface area (Å²) in [6, 6.07) is 8.31. The van der Waals surface area contributed by atoms with Crippen LogP contribution in [0.1, 0.15) is 42.4 Å². The molecule has 0 radical (unpaired) electrons. The van der Waals surface area contributed by atoms with Crippen LogP contribution in [0, 0.1) is 6.92 Å². The van der Waals surface area contributed by atoms with Gasteiger partial charge in [0.2, 0.25) is 0 Å². The van der Waals surface area contributed by atoms with Gasteiger partial charge in [0, 0.05) is 11.9 Å². The second-order valence-electron chi connectivity index (χ2n) is 4.91. The van der Waals surface area contributed by atoms with E-state index in [9.17, 15) is 0 Å². The van der Waals surface area contributed by atoms with Crippen molar-refractivity contribution >= 4 is 0 Å². The summed E-state index contributed by atoms with van der Waals surface area (Å²) in [6.07, 6.45) is 3.84. The van der Waals surface area contributed by atoms with Gasteiger partial charge in [-0.1, -0.05) is 19.9 Å². The summed E-state index contributed by atoms with van der Waals surface area (Å²) in [5, 5.41) is 8.23. The van der Waals surface area contributed by atoms with Crippen LogP contribution in [0.3, 0.4) is 0 Å². The number of hydrogen-bond donors (Lipinski definition) is 0. The molecule has 3 heteroatoms. The Morgan fingerprint density at radius 3 is 2.39 bits per heavy atom. The molecule has 0 aliphatic rings. The predicted molar refractivity (Wildman–Crippen MR) is 72.5 cm³/mol. The maximum absolute atomic E-state index is 4.47. The Hall–Kier alpha value is -1.77. The monoisotopic (exact) mass is 241 g/mol. The molecule has 0 aliphatic carbocycles. The third-order valence-electron chi connectivity index (χ3n) is 2.96. The van der Waals surface area contributed by atoms with Crippen molar-refractivity contribution in [1.82, 2.24) is 15.2 Å². The highest BCUT2D eigenvalue weighted by atomic mass is 15.1. The lowest BCUT2D eigenvalue weighted by Gasteiger charge is -2.05. The van der Waals surface area contributed by atoms with E-state index in [1.807, 2.05) is 25.3 Å². The molecule has 0 saturated heterocycles. The lowest BCUT2D eigenvalue weighted by Crippen LogP contribution is -1.99. The van der Waals surface area contributed by atoms with E-state index < -0.39 is 0 Å². The molecule has 0 bridgehead atoms. The highest BCUT2D eigenvalue weighted by molar-refractivity contribution is 5.17. The highest BCUT2D eigenvalue weighted by Crippen LogP contribution is 2.12. The topological polar surface area (TPSA) is 38.7 Å². The van der Waals surface area contributed by atoms with Gasteiger partial charge in [0.1, 0.15) is 0 Å². The van der Waals surface area contributed by atoms with E-state index in [2.05, 4.69) is 41.2 Å². The predicted octanol–water partition coefficient (Wildman–Crippen LogP) is 3.09. The molecule has 2 rings (SSSR count). The van der Waals surface area contributed by atoms with E-state index >= 15 is 0 Å². The minimum atomic E-state index is 0.488. The summed E-state index contributed by atoms with van der Waals surface area (Å²) in [4.78, 5) is 4.47. The van der Waals surface area contributed by atoms with Gasteiger partial charge in [-0.15, -0.1) is 0 Å². The Kier molecular flexibility index (Phi) is 4.03. The molecule has 0 unspecified atom stereocenters. The molecular weight excluding hydrogens is 222 g/mol. The fraction of sp³-hybridized carbons (Fsp3) is 0.400. The van der Waals surface area contributed by atoms with Gasteiger partial charge in [0.15, 0.2) is 0 Å². The minimum absolute atomic E-state index is 0.488. The van der Waals surface area contributed by atoms with Crippen molar-refractivity contribution in [1.29, 1.82) is 0 Å². The molecule has 0 atom stereocenters. The van der Waals surface area contributed by atoms with Crippen LogP contribution in [0.15, 0.2) is 30.5 Å². The van der Waals surface area contributed by atoms with Gasteiger partial charge in [-0.25, -0.2) is 0 Å². The summed E-state index contributed by atoms with van der Waals surface area (Å²) in [6.45, 7) is 6.26. The number of nitrogens with zero attached hydrogens (tertiary/aromatic N) is 3. The van der Waals surface area contributed by atoms with E-state index in [4.69, 9.17) is 0 Å². The molecule has 0 fully saturated rings. The van der Waals surface area contributed by atoms with Crippen molar-refractivity contribution in [3.63, 3.8) is 0 Å². The smallest absolute Gasteiger partial charge is 0.0634 e. The van der Waals surface area contributed by atoms with Gasteiger partial charge in [-0.3, -0.25) is 4.98 Å². The molecule has 3 nitrogen and oxygen atoms in total. The molecule has 0 saturated carbocycles. The van der Waals surface area contributed by atoms with E-state index in [1.54, 1.807) is 0 Å². The van der Waals surface area contributed by atoms with Crippen molar-refractivity contribution in [3.05, 3.63) is 53.1 Å². The van der Waals surface area contributed by atoms with Crippen molar-refractivity contribution < 1.29 is 0 Å². The lowest BCUT2D eigenvalue weighted by atomic mass is 10.1. The molecule has 18 heavy (non-hydrogen) atoms. The Labute approximate surface area is 108 Å². The number of aryl methyl sites for hydroxylation is 3. The Bertz CT molecular complexity index is 486. The summed E-state index contributed by atoms with van der Waals surface area (Å²) >= 11 is 0. The average molecular weight is 241 g/mol. The number of pyridine rings is 1. The maximum atomic E-state index is 4.47. The molecule has 0 aromatic carbocycles. The van der Waals surface area contributed by atoms with Crippen LogP contribution in [0.25, 0.3) is 0 Å². The van der Waals surface area contributed by atoms with Crippen molar-refractivity contribution in [2.45, 2.75) is 39.5 Å². The van der Waals surface area contributed by atoms with Crippen LogP contribution >= 0.6 is 0 Å². The molecule has 0 amide bonds. The first-order valence-corrected chi connectivity index (χ1v) is 6.39. The Morgan fingerprint density at radius 2 is 1.83 bits per heavy atom. The first-order valence-electron chi connectivity index (χ1n) is 6.39. The van der Waals surface area contributed by atoms with E-state index in [0.29, 0.717) is 5.92 Å². The average Bonchev–Trinajstić information content (AvgIpc) is 2.38. The van der Waals surface area contributed by atoms with E-state index in [0.717, 1.165) is 29.9 Å². The summed E-state index contributed by atoms with van der Waals surface area (Å²) in [5.74, 6) is 0.488. The summed E-state index contributed by atoms with van der Waals surface area (Å²) in [7, 11) is 0. The van der Waals surface area contributed by atoms with Crippen molar-refractivity contribution in [3.8, 4) is 0 Å². The molecular formula is C15H19N3. The maximum Gasteiger partial charge on any atom is 0.0634 e. The SMILES string of the molecule is Cc1ccc(CCc2ccc(C(C)C)nc2)nn1. The second-order valence-corrected chi connectivity index (χ2v) is 4.91. The van der Waals surface area contributed by atoms with Crippen LogP contribution in [-0.2, 0) is 12.8 Å². The molecule has 2 aromatic rings. The van der Waals surface area contributed by atoms with Crippen LogP contribution in [0.4, 0.5) is 0 Å². The van der Waals surface area contributed by atoms with Crippen molar-refractivity contribution in [2.24, 2.45) is 0 Å². The van der Waals surface area contributed by atoms with Crippen LogP contribution in [0.5, 0.6) is 0 Å². The largest absolute Gasteiger partial charge is 0.261 e. The van der Waals surface area contributed by atoms with Crippen LogP contribution < -0.4 is 0 Å². The number of aromatic nitrogens is 3. The lowest BCUT2D eigenvalue weighted by molar-refractivity contribution is 0.809. The minimum Gasteiger partial charge on any atom is -0.261 e. The zero-order valence-corrected chi connectivity index (χ0v) is 11.2. The second kappa shape index (κ2) is 5.71. The number of hydrogen-bond acceptors (Lipinski definition) is 3. The fourth-order valence-corrected chi connectivity index (χ4v) is 1.76. The standard InChI is InChI=1S/C15H19N3/c1-11(2)15-9-6-13(10-16-15)5-8-14-7-4-12(3)17-18-14/h4,6-7,9-11H,5,8H2,1-3H3. The van der Waals surface area contributed by atoms with Crippen LogP contribution in [-0.4, -0.2) is 15.2 Å². The quantitative estimate of drug-likeness (QED) is 0.825. The van der Waals surface area contributed by atoms with Gasteiger partial charge in [-0.05, 0) is 49.4 Å². The van der Waals surface area contributed by atoms with Gasteiger partial charge in [0.25, 0.3) is 0 Å². The highest BCUT2D eigenvalue weighted by Gasteiger charge is 2.02. The Morgan fingerprint density at radius 1 is 1.00 bits per heavy atom. The normalized spacial score (nSPS) is 10.9. The third kappa shape index (κ3) is 3.36.